The van der Waals surface area contributed by atoms with Crippen LogP contribution in [0.5, 0.6) is 0 Å². The van der Waals surface area contributed by atoms with E-state index in [1.807, 2.05) is 6.07 Å². The summed E-state index contributed by atoms with van der Waals surface area (Å²) in [5.41, 5.74) is 0.626. The molecule has 0 spiro atoms. The second kappa shape index (κ2) is 5.85. The number of aliphatic hydroxyl groups is 1. The first-order chi connectivity index (χ1) is 10.1. The SMILES string of the molecule is O=c1[nH]c2ccc(C(O)C3CCCCCC3)cc2[nH]c1=O. The summed E-state index contributed by atoms with van der Waals surface area (Å²) in [5, 5.41) is 10.6. The second-order valence-electron chi connectivity index (χ2n) is 5.91. The molecule has 1 fully saturated rings. The lowest BCUT2D eigenvalue weighted by molar-refractivity contribution is 0.0989. The number of aromatic amines is 2. The quantitative estimate of drug-likeness (QED) is 0.585. The fourth-order valence-corrected chi connectivity index (χ4v) is 3.22. The topological polar surface area (TPSA) is 85.9 Å². The first-order valence-electron chi connectivity index (χ1n) is 7.59. The number of aromatic nitrogens is 2. The third kappa shape index (κ3) is 2.93. The van der Waals surface area contributed by atoms with Crippen molar-refractivity contribution in [3.8, 4) is 0 Å². The third-order valence-electron chi connectivity index (χ3n) is 4.43. The van der Waals surface area contributed by atoms with E-state index in [-0.39, 0.29) is 5.92 Å². The molecule has 1 unspecified atom stereocenters. The minimum absolute atomic E-state index is 0.277. The summed E-state index contributed by atoms with van der Waals surface area (Å²) in [6.07, 6.45) is 6.40. The summed E-state index contributed by atoms with van der Waals surface area (Å²) in [5.74, 6) is 0.277. The number of H-pyrrole nitrogens is 2. The Hall–Kier alpha value is -1.88. The Balaban J connectivity index is 1.94. The lowest BCUT2D eigenvalue weighted by Gasteiger charge is -2.21. The van der Waals surface area contributed by atoms with E-state index >= 15 is 0 Å². The van der Waals surface area contributed by atoms with Crippen LogP contribution in [-0.4, -0.2) is 15.1 Å². The molecule has 1 aliphatic rings. The normalized spacial score (nSPS) is 18.5. The number of aliphatic hydroxyl groups excluding tert-OH is 1. The van der Waals surface area contributed by atoms with Crippen molar-refractivity contribution in [3.05, 3.63) is 44.5 Å². The zero-order chi connectivity index (χ0) is 14.8. The Morgan fingerprint density at radius 2 is 1.57 bits per heavy atom. The zero-order valence-corrected chi connectivity index (χ0v) is 11.9. The van der Waals surface area contributed by atoms with Gasteiger partial charge in [0.2, 0.25) is 0 Å². The molecule has 2 aromatic rings. The van der Waals surface area contributed by atoms with Crippen molar-refractivity contribution in [3.63, 3.8) is 0 Å². The lowest BCUT2D eigenvalue weighted by Crippen LogP contribution is -2.29. The van der Waals surface area contributed by atoms with E-state index in [1.165, 1.54) is 25.7 Å². The largest absolute Gasteiger partial charge is 0.388 e. The summed E-state index contributed by atoms with van der Waals surface area (Å²) < 4.78 is 0. The highest BCUT2D eigenvalue weighted by Crippen LogP contribution is 2.33. The summed E-state index contributed by atoms with van der Waals surface area (Å²) in [6.45, 7) is 0. The number of hydrogen-bond donors (Lipinski definition) is 3. The average molecular weight is 288 g/mol. The van der Waals surface area contributed by atoms with Gasteiger partial charge in [-0.25, -0.2) is 0 Å². The van der Waals surface area contributed by atoms with Crippen LogP contribution in [0.4, 0.5) is 0 Å². The standard InChI is InChI=1S/C16H20N2O3/c19-14(10-5-3-1-2-4-6-10)11-7-8-12-13(9-11)18-16(21)15(20)17-12/h7-10,14,19H,1-6H2,(H,17,20)(H,18,21). The van der Waals surface area contributed by atoms with Crippen molar-refractivity contribution >= 4 is 11.0 Å². The van der Waals surface area contributed by atoms with Crippen LogP contribution in [0.3, 0.4) is 0 Å². The van der Waals surface area contributed by atoms with Crippen LogP contribution >= 0.6 is 0 Å². The van der Waals surface area contributed by atoms with Gasteiger partial charge in [0.25, 0.3) is 0 Å². The zero-order valence-electron chi connectivity index (χ0n) is 11.9. The molecule has 0 saturated heterocycles. The molecule has 112 valence electrons. The van der Waals surface area contributed by atoms with E-state index in [9.17, 15) is 14.7 Å². The van der Waals surface area contributed by atoms with E-state index in [2.05, 4.69) is 9.97 Å². The number of benzene rings is 1. The first kappa shape index (κ1) is 14.1. The summed E-state index contributed by atoms with van der Waals surface area (Å²) in [4.78, 5) is 27.8. The lowest BCUT2D eigenvalue weighted by atomic mass is 9.89. The molecular weight excluding hydrogens is 268 g/mol. The maximum Gasteiger partial charge on any atom is 0.314 e. The van der Waals surface area contributed by atoms with Crippen molar-refractivity contribution in [2.75, 3.05) is 0 Å². The van der Waals surface area contributed by atoms with Crippen molar-refractivity contribution in [1.29, 1.82) is 0 Å². The molecule has 0 amide bonds. The summed E-state index contributed by atoms with van der Waals surface area (Å²) in [7, 11) is 0. The number of hydrogen-bond acceptors (Lipinski definition) is 3. The Bertz CT molecular complexity index is 739. The average Bonchev–Trinajstić information content (AvgIpc) is 2.76. The van der Waals surface area contributed by atoms with Crippen molar-refractivity contribution in [1.82, 2.24) is 9.97 Å². The van der Waals surface area contributed by atoms with Crippen LogP contribution in [-0.2, 0) is 0 Å². The minimum atomic E-state index is -0.663. The van der Waals surface area contributed by atoms with E-state index < -0.39 is 17.2 Å². The van der Waals surface area contributed by atoms with Crippen molar-refractivity contribution < 1.29 is 5.11 Å². The Morgan fingerprint density at radius 1 is 0.952 bits per heavy atom. The molecule has 0 radical (unpaired) electrons. The smallest absolute Gasteiger partial charge is 0.314 e. The highest BCUT2D eigenvalue weighted by molar-refractivity contribution is 5.74. The van der Waals surface area contributed by atoms with Crippen LogP contribution in [0.25, 0.3) is 11.0 Å². The van der Waals surface area contributed by atoms with E-state index in [0.29, 0.717) is 11.0 Å². The van der Waals surface area contributed by atoms with Crippen LogP contribution < -0.4 is 11.1 Å². The van der Waals surface area contributed by atoms with Gasteiger partial charge in [0.15, 0.2) is 0 Å². The monoisotopic (exact) mass is 288 g/mol. The fraction of sp³-hybridized carbons (Fsp3) is 0.500. The summed E-state index contributed by atoms with van der Waals surface area (Å²) >= 11 is 0. The molecule has 5 heteroatoms. The van der Waals surface area contributed by atoms with Crippen molar-refractivity contribution in [2.45, 2.75) is 44.6 Å². The molecule has 1 heterocycles. The Morgan fingerprint density at radius 3 is 2.24 bits per heavy atom. The molecule has 1 saturated carbocycles. The fourth-order valence-electron chi connectivity index (χ4n) is 3.22. The van der Waals surface area contributed by atoms with E-state index in [0.717, 1.165) is 18.4 Å². The molecule has 3 rings (SSSR count). The van der Waals surface area contributed by atoms with Gasteiger partial charge in [0.05, 0.1) is 17.1 Å². The molecule has 0 bridgehead atoms. The van der Waals surface area contributed by atoms with E-state index in [1.54, 1.807) is 12.1 Å². The Labute approximate surface area is 122 Å². The molecule has 1 aromatic heterocycles. The highest BCUT2D eigenvalue weighted by Gasteiger charge is 2.22. The van der Waals surface area contributed by atoms with Crippen LogP contribution in [0, 0.1) is 5.92 Å². The number of nitrogens with one attached hydrogen (secondary N) is 2. The van der Waals surface area contributed by atoms with Crippen molar-refractivity contribution in [2.24, 2.45) is 5.92 Å². The van der Waals surface area contributed by atoms with Gasteiger partial charge in [-0.1, -0.05) is 31.7 Å². The maximum absolute atomic E-state index is 11.4. The van der Waals surface area contributed by atoms with E-state index in [4.69, 9.17) is 0 Å². The van der Waals surface area contributed by atoms with Gasteiger partial charge >= 0.3 is 11.1 Å². The van der Waals surface area contributed by atoms with Crippen LogP contribution in [0.1, 0.15) is 50.2 Å². The predicted molar refractivity (Wildman–Crippen MR) is 81.3 cm³/mol. The van der Waals surface area contributed by atoms with Crippen LogP contribution in [0.2, 0.25) is 0 Å². The number of rotatable bonds is 2. The van der Waals surface area contributed by atoms with Gasteiger partial charge in [-0.05, 0) is 36.5 Å². The molecular formula is C16H20N2O3. The van der Waals surface area contributed by atoms with Gasteiger partial charge < -0.3 is 15.1 Å². The molecule has 0 aliphatic heterocycles. The highest BCUT2D eigenvalue weighted by atomic mass is 16.3. The van der Waals surface area contributed by atoms with Gasteiger partial charge in [-0.3, -0.25) is 9.59 Å². The van der Waals surface area contributed by atoms with Gasteiger partial charge in [-0.15, -0.1) is 0 Å². The second-order valence-corrected chi connectivity index (χ2v) is 5.91. The van der Waals surface area contributed by atoms with Gasteiger partial charge in [0, 0.05) is 0 Å². The first-order valence-corrected chi connectivity index (χ1v) is 7.59. The third-order valence-corrected chi connectivity index (χ3v) is 4.43. The molecule has 5 nitrogen and oxygen atoms in total. The molecule has 1 aromatic carbocycles. The minimum Gasteiger partial charge on any atom is -0.388 e. The summed E-state index contributed by atoms with van der Waals surface area (Å²) in [6, 6.07) is 5.33. The molecule has 21 heavy (non-hydrogen) atoms. The van der Waals surface area contributed by atoms with Crippen LogP contribution in [0.15, 0.2) is 27.8 Å². The predicted octanol–water partition coefficient (Wildman–Crippen LogP) is 2.22. The maximum atomic E-state index is 11.4. The Kier molecular flexibility index (Phi) is 3.92. The van der Waals surface area contributed by atoms with Gasteiger partial charge in [-0.2, -0.15) is 0 Å². The number of fused-ring (bicyclic) bond motifs is 1. The molecule has 1 aliphatic carbocycles. The molecule has 1 atom stereocenters. The molecule has 3 N–H and O–H groups in total. The van der Waals surface area contributed by atoms with Gasteiger partial charge in [0.1, 0.15) is 0 Å².